The van der Waals surface area contributed by atoms with Crippen LogP contribution in [0.15, 0.2) is 0 Å². The fourth-order valence-electron chi connectivity index (χ4n) is 2.19. The van der Waals surface area contributed by atoms with Crippen LogP contribution in [0.5, 0.6) is 0 Å². The maximum atomic E-state index is 6.09. The summed E-state index contributed by atoms with van der Waals surface area (Å²) in [5.41, 5.74) is 0.387. The van der Waals surface area contributed by atoms with Gasteiger partial charge in [0.1, 0.15) is 0 Å². The van der Waals surface area contributed by atoms with Crippen molar-refractivity contribution in [2.45, 2.75) is 86.2 Å². The van der Waals surface area contributed by atoms with E-state index in [9.17, 15) is 0 Å². The molecule has 0 N–H and O–H groups in total. The average Bonchev–Trinajstić information content (AvgIpc) is 2.15. The first kappa shape index (κ1) is 15.0. The smallest absolute Gasteiger partial charge is 0.158 e. The molecule has 17 heavy (non-hydrogen) atoms. The van der Waals surface area contributed by atoms with Crippen LogP contribution in [0.3, 0.4) is 0 Å². The Bertz CT molecular complexity index is 212. The molecule has 1 aliphatic rings. The molecule has 1 heterocycles. The van der Waals surface area contributed by atoms with Crippen LogP contribution < -0.4 is 0 Å². The number of ether oxygens (including phenoxy) is 2. The van der Waals surface area contributed by atoms with E-state index in [2.05, 4.69) is 48.5 Å². The Morgan fingerprint density at radius 2 is 1.29 bits per heavy atom. The van der Waals surface area contributed by atoms with Crippen LogP contribution in [0.4, 0.5) is 0 Å². The highest BCUT2D eigenvalue weighted by Gasteiger charge is 2.40. The molecule has 102 valence electrons. The number of hydrogen-bond donors (Lipinski definition) is 0. The predicted octanol–water partition coefficient (Wildman–Crippen LogP) is 4.38. The second kappa shape index (κ2) is 5.27. The summed E-state index contributed by atoms with van der Waals surface area (Å²) in [6.07, 6.45) is 3.71. The van der Waals surface area contributed by atoms with Gasteiger partial charge >= 0.3 is 0 Å². The minimum atomic E-state index is -0.0119. The molecule has 2 atom stereocenters. The van der Waals surface area contributed by atoms with Gasteiger partial charge in [0.15, 0.2) is 6.29 Å². The van der Waals surface area contributed by atoms with Crippen molar-refractivity contribution >= 4 is 0 Å². The van der Waals surface area contributed by atoms with Crippen molar-refractivity contribution in [3.63, 3.8) is 0 Å². The second-order valence-corrected chi connectivity index (χ2v) is 7.44. The van der Waals surface area contributed by atoms with Crippen molar-refractivity contribution in [1.29, 1.82) is 0 Å². The Morgan fingerprint density at radius 3 is 1.59 bits per heavy atom. The third-order valence-electron chi connectivity index (χ3n) is 3.52. The lowest BCUT2D eigenvalue weighted by molar-refractivity contribution is -0.280. The van der Waals surface area contributed by atoms with E-state index in [-0.39, 0.29) is 17.1 Å². The Balaban J connectivity index is 2.76. The lowest BCUT2D eigenvalue weighted by atomic mass is 9.78. The molecule has 1 aliphatic heterocycles. The van der Waals surface area contributed by atoms with Crippen molar-refractivity contribution in [1.82, 2.24) is 0 Å². The van der Waals surface area contributed by atoms with E-state index >= 15 is 0 Å². The zero-order valence-corrected chi connectivity index (χ0v) is 12.7. The monoisotopic (exact) mass is 242 g/mol. The van der Waals surface area contributed by atoms with Crippen molar-refractivity contribution in [2.75, 3.05) is 0 Å². The van der Waals surface area contributed by atoms with E-state index < -0.39 is 0 Å². The van der Waals surface area contributed by atoms with Gasteiger partial charge in [0, 0.05) is 6.42 Å². The van der Waals surface area contributed by atoms with Gasteiger partial charge in [-0.2, -0.15) is 0 Å². The minimum absolute atomic E-state index is 0.0119. The van der Waals surface area contributed by atoms with Crippen molar-refractivity contribution in [3.8, 4) is 0 Å². The Morgan fingerprint density at radius 1 is 0.882 bits per heavy atom. The van der Waals surface area contributed by atoms with Gasteiger partial charge in [-0.15, -0.1) is 0 Å². The zero-order chi connectivity index (χ0) is 13.3. The molecule has 2 unspecified atom stereocenters. The summed E-state index contributed by atoms with van der Waals surface area (Å²) in [7, 11) is 0. The van der Waals surface area contributed by atoms with Gasteiger partial charge in [0.2, 0.25) is 0 Å². The van der Waals surface area contributed by atoms with Gasteiger partial charge in [-0.3, -0.25) is 0 Å². The maximum Gasteiger partial charge on any atom is 0.158 e. The zero-order valence-electron chi connectivity index (χ0n) is 12.7. The summed E-state index contributed by atoms with van der Waals surface area (Å²) in [5, 5.41) is 0. The highest BCUT2D eigenvalue weighted by molar-refractivity contribution is 4.86. The van der Waals surface area contributed by atoms with E-state index in [1.165, 1.54) is 0 Å². The molecule has 0 radical (unpaired) electrons. The van der Waals surface area contributed by atoms with E-state index in [4.69, 9.17) is 9.47 Å². The molecule has 2 heteroatoms. The lowest BCUT2D eigenvalue weighted by Crippen LogP contribution is -2.48. The molecular weight excluding hydrogens is 212 g/mol. The summed E-state index contributed by atoms with van der Waals surface area (Å²) in [5.74, 6) is 0. The van der Waals surface area contributed by atoms with Crippen molar-refractivity contribution in [3.05, 3.63) is 0 Å². The molecular formula is C15H30O2. The first-order valence-corrected chi connectivity index (χ1v) is 6.95. The molecule has 1 saturated heterocycles. The van der Waals surface area contributed by atoms with Crippen LogP contribution in [0, 0.1) is 10.8 Å². The summed E-state index contributed by atoms with van der Waals surface area (Å²) in [6.45, 7) is 15.7. The van der Waals surface area contributed by atoms with Crippen LogP contribution in [-0.2, 0) is 9.47 Å². The standard InChI is InChI=1S/C15H30O2/c1-8-9-13-16-11(14(2,3)4)10-12(17-13)15(5,6)7/h11-13H,8-10H2,1-7H3. The fourth-order valence-corrected chi connectivity index (χ4v) is 2.19. The summed E-state index contributed by atoms with van der Waals surface area (Å²) in [6, 6.07) is 0. The summed E-state index contributed by atoms with van der Waals surface area (Å²) in [4.78, 5) is 0. The highest BCUT2D eigenvalue weighted by atomic mass is 16.7. The van der Waals surface area contributed by atoms with Gasteiger partial charge in [-0.05, 0) is 17.3 Å². The number of hydrogen-bond acceptors (Lipinski definition) is 2. The molecule has 0 saturated carbocycles. The molecule has 0 spiro atoms. The van der Waals surface area contributed by atoms with Crippen molar-refractivity contribution in [2.24, 2.45) is 10.8 Å². The molecule has 2 nitrogen and oxygen atoms in total. The van der Waals surface area contributed by atoms with Gasteiger partial charge < -0.3 is 9.47 Å². The minimum Gasteiger partial charge on any atom is -0.349 e. The molecule has 0 aromatic rings. The quantitative estimate of drug-likeness (QED) is 0.715. The largest absolute Gasteiger partial charge is 0.349 e. The molecule has 0 aromatic heterocycles. The third kappa shape index (κ3) is 4.26. The van der Waals surface area contributed by atoms with E-state index in [0.29, 0.717) is 12.2 Å². The summed E-state index contributed by atoms with van der Waals surface area (Å²) < 4.78 is 12.2. The first-order valence-electron chi connectivity index (χ1n) is 6.95. The third-order valence-corrected chi connectivity index (χ3v) is 3.52. The topological polar surface area (TPSA) is 18.5 Å². The van der Waals surface area contributed by atoms with Gasteiger partial charge in [0.25, 0.3) is 0 Å². The Hall–Kier alpha value is -0.0800. The van der Waals surface area contributed by atoms with Crippen LogP contribution in [0.1, 0.15) is 67.7 Å². The normalized spacial score (nSPS) is 31.6. The van der Waals surface area contributed by atoms with Crippen LogP contribution in [0.25, 0.3) is 0 Å². The van der Waals surface area contributed by atoms with Gasteiger partial charge in [0.05, 0.1) is 12.2 Å². The Kier molecular flexibility index (Phi) is 4.65. The molecule has 0 bridgehead atoms. The maximum absolute atomic E-state index is 6.09. The number of rotatable bonds is 2. The van der Waals surface area contributed by atoms with E-state index in [1.54, 1.807) is 0 Å². The average molecular weight is 242 g/mol. The van der Waals surface area contributed by atoms with Crippen LogP contribution in [-0.4, -0.2) is 18.5 Å². The second-order valence-electron chi connectivity index (χ2n) is 7.44. The summed E-state index contributed by atoms with van der Waals surface area (Å²) >= 11 is 0. The molecule has 0 aromatic carbocycles. The van der Waals surface area contributed by atoms with Gasteiger partial charge in [-0.25, -0.2) is 0 Å². The Labute approximate surface area is 107 Å². The predicted molar refractivity (Wildman–Crippen MR) is 72.0 cm³/mol. The fraction of sp³-hybridized carbons (Fsp3) is 1.00. The van der Waals surface area contributed by atoms with E-state index in [1.807, 2.05) is 0 Å². The molecule has 1 fully saturated rings. The van der Waals surface area contributed by atoms with Gasteiger partial charge in [-0.1, -0.05) is 54.9 Å². The lowest BCUT2D eigenvalue weighted by Gasteiger charge is -2.45. The highest BCUT2D eigenvalue weighted by Crippen LogP contribution is 2.38. The first-order chi connectivity index (χ1) is 7.64. The molecule has 0 aliphatic carbocycles. The molecule has 0 amide bonds. The van der Waals surface area contributed by atoms with Crippen LogP contribution >= 0.6 is 0 Å². The SMILES string of the molecule is CCCC1OC(C(C)(C)C)CC(C(C)(C)C)O1. The molecule has 1 rings (SSSR count). The van der Waals surface area contributed by atoms with Crippen molar-refractivity contribution < 1.29 is 9.47 Å². The van der Waals surface area contributed by atoms with E-state index in [0.717, 1.165) is 19.3 Å². The van der Waals surface area contributed by atoms with Crippen LogP contribution in [0.2, 0.25) is 0 Å².